The first-order valence-corrected chi connectivity index (χ1v) is 8.98. The molecule has 0 unspecified atom stereocenters. The number of nitrogens with one attached hydrogen (secondary N) is 3. The van der Waals surface area contributed by atoms with Gasteiger partial charge in [-0.3, -0.25) is 14.6 Å². The zero-order chi connectivity index (χ0) is 17.7. The molecule has 2 aromatic carbocycles. The van der Waals surface area contributed by atoms with Crippen molar-refractivity contribution in [3.63, 3.8) is 0 Å². The monoisotopic (exact) mass is 356 g/mol. The van der Waals surface area contributed by atoms with Gasteiger partial charge in [0.1, 0.15) is 5.69 Å². The van der Waals surface area contributed by atoms with Crippen LogP contribution >= 0.6 is 0 Å². The van der Waals surface area contributed by atoms with Crippen molar-refractivity contribution in [1.82, 2.24) is 15.5 Å². The molecule has 3 rings (SSSR count). The largest absolute Gasteiger partial charge is 0.347 e. The second-order valence-electron chi connectivity index (χ2n) is 5.25. The lowest BCUT2D eigenvalue weighted by Gasteiger charge is -2.09. The third-order valence-electron chi connectivity index (χ3n) is 3.46. The van der Waals surface area contributed by atoms with Crippen molar-refractivity contribution >= 4 is 21.6 Å². The Bertz CT molecular complexity index is 954. The van der Waals surface area contributed by atoms with E-state index in [2.05, 4.69) is 20.2 Å². The molecule has 0 aliphatic rings. The minimum Gasteiger partial charge on any atom is -0.347 e. The fourth-order valence-electron chi connectivity index (χ4n) is 2.21. The number of carbonyl (C=O) groups is 1. The molecule has 0 aliphatic heterocycles. The molecule has 0 atom stereocenters. The molecule has 1 aromatic heterocycles. The summed E-state index contributed by atoms with van der Waals surface area (Å²) in [5, 5.41) is 9.01. The van der Waals surface area contributed by atoms with Crippen LogP contribution in [0.4, 0.5) is 5.69 Å². The average Bonchev–Trinajstić information content (AvgIpc) is 3.09. The number of hydrogen-bond acceptors (Lipinski definition) is 4. The molecule has 0 saturated carbocycles. The number of sulfonamides is 1. The molecule has 0 fully saturated rings. The normalized spacial score (nSPS) is 11.0. The molecule has 25 heavy (non-hydrogen) atoms. The van der Waals surface area contributed by atoms with Crippen molar-refractivity contribution in [1.29, 1.82) is 0 Å². The van der Waals surface area contributed by atoms with E-state index >= 15 is 0 Å². The van der Waals surface area contributed by atoms with E-state index in [-0.39, 0.29) is 16.3 Å². The van der Waals surface area contributed by atoms with Crippen LogP contribution < -0.4 is 10.0 Å². The maximum absolute atomic E-state index is 12.4. The summed E-state index contributed by atoms with van der Waals surface area (Å²) in [5.41, 5.74) is 1.08. The van der Waals surface area contributed by atoms with Crippen LogP contribution in [-0.2, 0) is 16.6 Å². The SMILES string of the molecule is O=C(NCc1ccccc1)c1[nH]ncc1NS(=O)(=O)c1ccccc1. The van der Waals surface area contributed by atoms with Crippen molar-refractivity contribution in [3.8, 4) is 0 Å². The van der Waals surface area contributed by atoms with Crippen molar-refractivity contribution in [2.24, 2.45) is 0 Å². The summed E-state index contributed by atoms with van der Waals surface area (Å²) in [6, 6.07) is 17.3. The van der Waals surface area contributed by atoms with E-state index in [9.17, 15) is 13.2 Å². The Hall–Kier alpha value is -3.13. The van der Waals surface area contributed by atoms with Crippen LogP contribution in [0.3, 0.4) is 0 Å². The van der Waals surface area contributed by atoms with Crippen molar-refractivity contribution in [2.75, 3.05) is 4.72 Å². The fourth-order valence-corrected chi connectivity index (χ4v) is 3.28. The van der Waals surface area contributed by atoms with Crippen LogP contribution in [0.15, 0.2) is 71.8 Å². The molecule has 3 N–H and O–H groups in total. The van der Waals surface area contributed by atoms with E-state index in [1.54, 1.807) is 18.2 Å². The number of benzene rings is 2. The molecule has 0 radical (unpaired) electrons. The Labute approximate surface area is 145 Å². The van der Waals surface area contributed by atoms with Crippen LogP contribution in [-0.4, -0.2) is 24.5 Å². The van der Waals surface area contributed by atoms with Crippen LogP contribution in [0.2, 0.25) is 0 Å². The predicted octanol–water partition coefficient (Wildman–Crippen LogP) is 2.14. The van der Waals surface area contributed by atoms with E-state index in [0.717, 1.165) is 5.56 Å². The van der Waals surface area contributed by atoms with E-state index in [4.69, 9.17) is 0 Å². The van der Waals surface area contributed by atoms with Gasteiger partial charge in [0.05, 0.1) is 16.8 Å². The van der Waals surface area contributed by atoms with Gasteiger partial charge in [0.15, 0.2) is 0 Å². The second-order valence-corrected chi connectivity index (χ2v) is 6.93. The quantitative estimate of drug-likeness (QED) is 0.629. The molecule has 0 bridgehead atoms. The van der Waals surface area contributed by atoms with E-state index in [1.807, 2.05) is 30.3 Å². The van der Waals surface area contributed by atoms with Gasteiger partial charge in [-0.1, -0.05) is 48.5 Å². The summed E-state index contributed by atoms with van der Waals surface area (Å²) >= 11 is 0. The molecule has 8 heteroatoms. The number of carbonyl (C=O) groups excluding carboxylic acids is 1. The van der Waals surface area contributed by atoms with Gasteiger partial charge >= 0.3 is 0 Å². The molecular formula is C17H16N4O3S. The van der Waals surface area contributed by atoms with Gasteiger partial charge in [0.25, 0.3) is 15.9 Å². The highest BCUT2D eigenvalue weighted by Gasteiger charge is 2.20. The topological polar surface area (TPSA) is 104 Å². The lowest BCUT2D eigenvalue weighted by atomic mass is 10.2. The maximum Gasteiger partial charge on any atom is 0.271 e. The van der Waals surface area contributed by atoms with Gasteiger partial charge in [0, 0.05) is 6.54 Å². The highest BCUT2D eigenvalue weighted by molar-refractivity contribution is 7.92. The molecular weight excluding hydrogens is 340 g/mol. The summed E-state index contributed by atoms with van der Waals surface area (Å²) in [7, 11) is -3.80. The third kappa shape index (κ3) is 4.04. The molecule has 0 saturated heterocycles. The van der Waals surface area contributed by atoms with Gasteiger partial charge in [-0.25, -0.2) is 8.42 Å². The number of H-pyrrole nitrogens is 1. The van der Waals surface area contributed by atoms with Gasteiger partial charge < -0.3 is 5.32 Å². The zero-order valence-corrected chi connectivity index (χ0v) is 14.0. The summed E-state index contributed by atoms with van der Waals surface area (Å²) < 4.78 is 27.1. The summed E-state index contributed by atoms with van der Waals surface area (Å²) in [6.45, 7) is 0.323. The van der Waals surface area contributed by atoms with E-state index < -0.39 is 15.9 Å². The van der Waals surface area contributed by atoms with Crippen LogP contribution in [0, 0.1) is 0 Å². The fraction of sp³-hybridized carbons (Fsp3) is 0.0588. The van der Waals surface area contributed by atoms with Gasteiger partial charge in [-0.2, -0.15) is 5.10 Å². The number of anilines is 1. The standard InChI is InChI=1S/C17H16N4O3S/c22-17(18-11-13-7-3-1-4-8-13)16-15(12-19-20-16)21-25(23,24)14-9-5-2-6-10-14/h1-10,12,21H,11H2,(H,18,22)(H,19,20). The minimum atomic E-state index is -3.80. The Kier molecular flexibility index (Phi) is 4.80. The van der Waals surface area contributed by atoms with Gasteiger partial charge in [0.2, 0.25) is 0 Å². The maximum atomic E-state index is 12.4. The highest BCUT2D eigenvalue weighted by Crippen LogP contribution is 2.18. The molecule has 0 aliphatic carbocycles. The average molecular weight is 356 g/mol. The zero-order valence-electron chi connectivity index (χ0n) is 13.1. The van der Waals surface area contributed by atoms with Crippen molar-refractivity contribution in [2.45, 2.75) is 11.4 Å². The number of aromatic nitrogens is 2. The van der Waals surface area contributed by atoms with Crippen LogP contribution in [0.25, 0.3) is 0 Å². The molecule has 128 valence electrons. The van der Waals surface area contributed by atoms with Crippen LogP contribution in [0.1, 0.15) is 16.1 Å². The minimum absolute atomic E-state index is 0.0513. The number of nitrogens with zero attached hydrogens (tertiary/aromatic N) is 1. The molecule has 1 heterocycles. The lowest BCUT2D eigenvalue weighted by molar-refractivity contribution is 0.0947. The highest BCUT2D eigenvalue weighted by atomic mass is 32.2. The number of hydrogen-bond donors (Lipinski definition) is 3. The summed E-state index contributed by atoms with van der Waals surface area (Å²) in [5.74, 6) is -0.452. The molecule has 7 nitrogen and oxygen atoms in total. The predicted molar refractivity (Wildman–Crippen MR) is 93.5 cm³/mol. The van der Waals surface area contributed by atoms with Crippen molar-refractivity contribution < 1.29 is 13.2 Å². The van der Waals surface area contributed by atoms with Gasteiger partial charge in [-0.05, 0) is 17.7 Å². The first kappa shape index (κ1) is 16.7. The van der Waals surface area contributed by atoms with E-state index in [1.165, 1.54) is 18.3 Å². The first-order chi connectivity index (χ1) is 12.1. The second kappa shape index (κ2) is 7.18. The first-order valence-electron chi connectivity index (χ1n) is 7.49. The van der Waals surface area contributed by atoms with Gasteiger partial charge in [-0.15, -0.1) is 0 Å². The number of aromatic amines is 1. The molecule has 3 aromatic rings. The Morgan fingerprint density at radius 2 is 1.64 bits per heavy atom. The number of rotatable bonds is 6. The smallest absolute Gasteiger partial charge is 0.271 e. The Morgan fingerprint density at radius 1 is 1.00 bits per heavy atom. The van der Waals surface area contributed by atoms with E-state index in [0.29, 0.717) is 6.54 Å². The Morgan fingerprint density at radius 3 is 2.32 bits per heavy atom. The van der Waals surface area contributed by atoms with Crippen LogP contribution in [0.5, 0.6) is 0 Å². The Balaban J connectivity index is 1.73. The molecule has 1 amide bonds. The van der Waals surface area contributed by atoms with Crippen molar-refractivity contribution in [3.05, 3.63) is 78.1 Å². The summed E-state index contributed by atoms with van der Waals surface area (Å²) in [4.78, 5) is 12.4. The lowest BCUT2D eigenvalue weighted by Crippen LogP contribution is -2.25. The summed E-state index contributed by atoms with van der Waals surface area (Å²) in [6.07, 6.45) is 1.26. The molecule has 0 spiro atoms. The number of amides is 1. The third-order valence-corrected chi connectivity index (χ3v) is 4.84.